The molecule has 3 rings (SSSR count). The number of carbonyl (C=O) groups excluding carboxylic acids is 3. The highest BCUT2D eigenvalue weighted by Crippen LogP contribution is 2.20. The second kappa shape index (κ2) is 9.08. The molecule has 0 aliphatic carbocycles. The molecule has 1 unspecified atom stereocenters. The lowest BCUT2D eigenvalue weighted by Crippen LogP contribution is -2.36. The maximum Gasteiger partial charge on any atom is 0.381 e. The van der Waals surface area contributed by atoms with Gasteiger partial charge in [-0.15, -0.1) is 0 Å². The summed E-state index contributed by atoms with van der Waals surface area (Å²) in [6.07, 6.45) is 5.01. The van der Waals surface area contributed by atoms with Crippen molar-refractivity contribution in [2.24, 2.45) is 14.1 Å². The second-order valence-electron chi connectivity index (χ2n) is 6.81. The molecule has 166 valence electrons. The summed E-state index contributed by atoms with van der Waals surface area (Å²) in [5, 5.41) is 2.68. The van der Waals surface area contributed by atoms with Crippen molar-refractivity contribution in [3.8, 4) is 5.88 Å². The van der Waals surface area contributed by atoms with Gasteiger partial charge in [-0.1, -0.05) is 0 Å². The lowest BCUT2D eigenvalue weighted by molar-refractivity contribution is -0.119. The summed E-state index contributed by atoms with van der Waals surface area (Å²) in [5.74, 6) is -1.69. The summed E-state index contributed by atoms with van der Waals surface area (Å²) in [7, 11) is 4.91. The van der Waals surface area contributed by atoms with Gasteiger partial charge < -0.3 is 33.7 Å². The van der Waals surface area contributed by atoms with Crippen LogP contribution in [0.5, 0.6) is 5.88 Å². The summed E-state index contributed by atoms with van der Waals surface area (Å²) in [6, 6.07) is -0.464. The Balaban J connectivity index is 1.67. The SMILES string of the molecule is CCOC(=O)c1nc(OC(=O)c2nc(NC(=O)C3CC(NCl)=CN3C)cn2C)cn1C. The number of likely N-dealkylation sites (N-methyl/N-ethyl adjacent to an activating group) is 1. The highest BCUT2D eigenvalue weighted by molar-refractivity contribution is 6.14. The molecule has 0 fully saturated rings. The van der Waals surface area contributed by atoms with Gasteiger partial charge in [-0.2, -0.15) is 4.98 Å². The average molecular weight is 452 g/mol. The van der Waals surface area contributed by atoms with Crippen LogP contribution < -0.4 is 14.9 Å². The molecule has 0 saturated carbocycles. The van der Waals surface area contributed by atoms with Gasteiger partial charge >= 0.3 is 11.9 Å². The molecule has 2 aromatic heterocycles. The third kappa shape index (κ3) is 4.79. The molecule has 0 radical (unpaired) electrons. The molecule has 0 bridgehead atoms. The molecule has 0 saturated heterocycles. The molecule has 1 amide bonds. The summed E-state index contributed by atoms with van der Waals surface area (Å²) in [4.78, 5) is 49.2. The topological polar surface area (TPSA) is 133 Å². The molecule has 13 heteroatoms. The van der Waals surface area contributed by atoms with E-state index in [2.05, 4.69) is 20.1 Å². The zero-order valence-electron chi connectivity index (χ0n) is 17.4. The predicted octanol–water partition coefficient (Wildman–Crippen LogP) is 0.777. The van der Waals surface area contributed by atoms with Crippen LogP contribution >= 0.6 is 11.8 Å². The number of nitrogens with zero attached hydrogens (tertiary/aromatic N) is 5. The van der Waals surface area contributed by atoms with Crippen LogP contribution in [0.4, 0.5) is 5.82 Å². The Hall–Kier alpha value is -3.54. The number of rotatable bonds is 7. The normalized spacial score (nSPS) is 15.5. The standard InChI is InChI=1S/C18H22ClN7O5/c1-5-30-17(28)14-22-13(9-26(14)4)31-18(29)15-20-12(8-25(15)3)21-16(27)11-6-10(23-19)7-24(11)2/h7-9,11,23H,5-6H2,1-4H3,(H,21,27). The fourth-order valence-electron chi connectivity index (χ4n) is 3.02. The Morgan fingerprint density at radius 1 is 1.13 bits per heavy atom. The third-order valence-electron chi connectivity index (χ3n) is 4.51. The minimum absolute atomic E-state index is 0.00228. The molecule has 1 aliphatic rings. The molecule has 2 aromatic rings. The molecule has 2 N–H and O–H groups in total. The van der Waals surface area contributed by atoms with Crippen LogP contribution in [0.3, 0.4) is 0 Å². The van der Waals surface area contributed by atoms with Crippen molar-refractivity contribution in [2.45, 2.75) is 19.4 Å². The maximum absolute atomic E-state index is 12.5. The van der Waals surface area contributed by atoms with Gasteiger partial charge in [0.05, 0.1) is 12.8 Å². The van der Waals surface area contributed by atoms with Crippen molar-refractivity contribution >= 4 is 35.4 Å². The Morgan fingerprint density at radius 2 is 1.81 bits per heavy atom. The van der Waals surface area contributed by atoms with Crippen LogP contribution in [0, 0.1) is 0 Å². The predicted molar refractivity (Wildman–Crippen MR) is 109 cm³/mol. The van der Waals surface area contributed by atoms with E-state index in [-0.39, 0.29) is 35.9 Å². The fraction of sp³-hybridized carbons (Fsp3) is 0.389. The zero-order valence-corrected chi connectivity index (χ0v) is 18.1. The number of aromatic nitrogens is 4. The first-order valence-electron chi connectivity index (χ1n) is 9.29. The largest absolute Gasteiger partial charge is 0.460 e. The van der Waals surface area contributed by atoms with Crippen molar-refractivity contribution in [1.82, 2.24) is 28.8 Å². The van der Waals surface area contributed by atoms with Crippen LogP contribution in [0.25, 0.3) is 0 Å². The van der Waals surface area contributed by atoms with Crippen LogP contribution in [0.15, 0.2) is 24.3 Å². The molecule has 1 atom stereocenters. The van der Waals surface area contributed by atoms with Gasteiger partial charge in [0, 0.05) is 57.4 Å². The number of hydrogen-bond donors (Lipinski definition) is 2. The lowest BCUT2D eigenvalue weighted by Gasteiger charge is -2.18. The highest BCUT2D eigenvalue weighted by Gasteiger charge is 2.29. The molecule has 0 spiro atoms. The first-order valence-corrected chi connectivity index (χ1v) is 9.67. The third-order valence-corrected chi connectivity index (χ3v) is 4.75. The van der Waals surface area contributed by atoms with E-state index >= 15 is 0 Å². The first kappa shape index (κ1) is 22.2. The van der Waals surface area contributed by atoms with Crippen LogP contribution in [-0.2, 0) is 23.6 Å². The van der Waals surface area contributed by atoms with Crippen LogP contribution in [-0.4, -0.2) is 61.5 Å². The van der Waals surface area contributed by atoms with Crippen LogP contribution in [0.1, 0.15) is 34.6 Å². The molecule has 1 aliphatic heterocycles. The number of imidazole rings is 2. The molecule has 12 nitrogen and oxygen atoms in total. The minimum Gasteiger partial charge on any atom is -0.460 e. The number of aryl methyl sites for hydroxylation is 2. The number of ether oxygens (including phenoxy) is 2. The van der Waals surface area contributed by atoms with Gasteiger partial charge in [0.2, 0.25) is 23.4 Å². The van der Waals surface area contributed by atoms with Gasteiger partial charge in [0.15, 0.2) is 5.82 Å². The number of nitrogens with one attached hydrogen (secondary N) is 2. The Morgan fingerprint density at radius 3 is 2.45 bits per heavy atom. The molecular formula is C18H22ClN7O5. The van der Waals surface area contributed by atoms with Crippen molar-refractivity contribution in [2.75, 3.05) is 19.0 Å². The molecule has 3 heterocycles. The van der Waals surface area contributed by atoms with Gasteiger partial charge in [-0.05, 0) is 6.92 Å². The average Bonchev–Trinajstić information content (AvgIpc) is 3.38. The zero-order chi connectivity index (χ0) is 22.7. The summed E-state index contributed by atoms with van der Waals surface area (Å²) in [5.41, 5.74) is 0.715. The monoisotopic (exact) mass is 451 g/mol. The van der Waals surface area contributed by atoms with E-state index in [1.54, 1.807) is 39.2 Å². The van der Waals surface area contributed by atoms with Crippen molar-refractivity contribution < 1.29 is 23.9 Å². The molecule has 31 heavy (non-hydrogen) atoms. The highest BCUT2D eigenvalue weighted by atomic mass is 35.5. The molecular weight excluding hydrogens is 430 g/mol. The van der Waals surface area contributed by atoms with E-state index in [9.17, 15) is 14.4 Å². The first-order chi connectivity index (χ1) is 14.7. The Bertz CT molecular complexity index is 1040. The van der Waals surface area contributed by atoms with Gasteiger partial charge in [-0.25, -0.2) is 14.6 Å². The van der Waals surface area contributed by atoms with E-state index in [0.29, 0.717) is 12.1 Å². The summed E-state index contributed by atoms with van der Waals surface area (Å²) < 4.78 is 12.9. The molecule has 0 aromatic carbocycles. The number of carbonyl (C=O) groups is 3. The lowest BCUT2D eigenvalue weighted by atomic mass is 10.2. The van der Waals surface area contributed by atoms with E-state index in [1.165, 1.54) is 21.5 Å². The smallest absolute Gasteiger partial charge is 0.381 e. The fourth-order valence-corrected chi connectivity index (χ4v) is 3.15. The van der Waals surface area contributed by atoms with E-state index in [0.717, 1.165) is 0 Å². The number of halogens is 1. The maximum atomic E-state index is 12.5. The summed E-state index contributed by atoms with van der Waals surface area (Å²) in [6.45, 7) is 1.87. The Labute approximate surface area is 182 Å². The quantitative estimate of drug-likeness (QED) is 0.462. The number of anilines is 1. The Kier molecular flexibility index (Phi) is 6.49. The summed E-state index contributed by atoms with van der Waals surface area (Å²) >= 11 is 5.60. The minimum atomic E-state index is -0.801. The van der Waals surface area contributed by atoms with E-state index < -0.39 is 18.0 Å². The van der Waals surface area contributed by atoms with Crippen molar-refractivity contribution in [1.29, 1.82) is 0 Å². The van der Waals surface area contributed by atoms with E-state index in [4.69, 9.17) is 21.3 Å². The van der Waals surface area contributed by atoms with E-state index in [1.807, 2.05) is 0 Å². The van der Waals surface area contributed by atoms with Gasteiger partial charge in [0.25, 0.3) is 0 Å². The van der Waals surface area contributed by atoms with Gasteiger partial charge in [0.1, 0.15) is 6.04 Å². The van der Waals surface area contributed by atoms with Crippen molar-refractivity contribution in [3.63, 3.8) is 0 Å². The number of hydrogen-bond acceptors (Lipinski definition) is 9. The number of esters is 2. The van der Waals surface area contributed by atoms with Gasteiger partial charge in [-0.3, -0.25) is 4.79 Å². The van der Waals surface area contributed by atoms with Crippen LogP contribution in [0.2, 0.25) is 0 Å². The number of amides is 1. The van der Waals surface area contributed by atoms with Crippen molar-refractivity contribution in [3.05, 3.63) is 35.9 Å². The second-order valence-corrected chi connectivity index (χ2v) is 7.00.